The fourth-order valence-electron chi connectivity index (χ4n) is 3.19. The van der Waals surface area contributed by atoms with E-state index >= 15 is 0 Å². The molecule has 3 rings (SSSR count). The number of benzene rings is 1. The van der Waals surface area contributed by atoms with Crippen molar-refractivity contribution >= 4 is 33.4 Å². The number of hydroxylamine groups is 2. The van der Waals surface area contributed by atoms with Crippen LogP contribution in [0.25, 0.3) is 0 Å². The Morgan fingerprint density at radius 1 is 1.00 bits per heavy atom. The van der Waals surface area contributed by atoms with Gasteiger partial charge < -0.3 is 4.84 Å². The van der Waals surface area contributed by atoms with Crippen LogP contribution in [-0.4, -0.2) is 54.1 Å². The van der Waals surface area contributed by atoms with Crippen LogP contribution in [0.15, 0.2) is 53.7 Å². The molecule has 2 atom stereocenters. The first-order chi connectivity index (χ1) is 16.1. The number of aromatic nitrogens is 1. The molecule has 1 aromatic heterocycles. The summed E-state index contributed by atoms with van der Waals surface area (Å²) >= 11 is 0. The van der Waals surface area contributed by atoms with Gasteiger partial charge in [0.05, 0.1) is 10.6 Å². The van der Waals surface area contributed by atoms with E-state index in [-0.39, 0.29) is 9.96 Å². The number of urea groups is 1. The van der Waals surface area contributed by atoms with Crippen molar-refractivity contribution in [3.63, 3.8) is 0 Å². The Labute approximate surface area is 192 Å². The summed E-state index contributed by atoms with van der Waals surface area (Å²) in [4.78, 5) is 44.4. The third-order valence-corrected chi connectivity index (χ3v) is 6.44. The summed E-state index contributed by atoms with van der Waals surface area (Å²) in [6.45, 7) is 1.35. The van der Waals surface area contributed by atoms with E-state index in [1.165, 1.54) is 31.5 Å². The zero-order chi connectivity index (χ0) is 26.3. The zero-order valence-electron chi connectivity index (χ0n) is 17.2. The number of carbonyl (C=O) groups excluding carboxylic acids is 3. The normalized spacial score (nSPS) is 18.1. The number of alkyl halides is 6. The summed E-state index contributed by atoms with van der Waals surface area (Å²) in [6.07, 6.45) is -2.91. The number of imide groups is 1. The highest BCUT2D eigenvalue weighted by atomic mass is 32.2. The molecule has 16 heteroatoms. The molecule has 2 heterocycles. The monoisotopic (exact) mass is 525 g/mol. The summed E-state index contributed by atoms with van der Waals surface area (Å²) in [5.41, 5.74) is -5.77. The largest absolute Gasteiger partial charge is 0.501 e. The minimum absolute atomic E-state index is 0.0797. The number of hydrogen-bond acceptors (Lipinski definition) is 7. The van der Waals surface area contributed by atoms with E-state index in [0.717, 1.165) is 0 Å². The van der Waals surface area contributed by atoms with Gasteiger partial charge in [0.25, 0.3) is 15.7 Å². The first-order valence-corrected chi connectivity index (χ1v) is 10.8. The number of anilines is 1. The lowest BCUT2D eigenvalue weighted by atomic mass is 9.94. The van der Waals surface area contributed by atoms with E-state index < -0.39 is 62.0 Å². The predicted octanol–water partition coefficient (Wildman–Crippen LogP) is 3.34. The minimum atomic E-state index is -5.75. The van der Waals surface area contributed by atoms with Gasteiger partial charge in [0, 0.05) is 18.3 Å². The van der Waals surface area contributed by atoms with Gasteiger partial charge in [0.1, 0.15) is 0 Å². The van der Waals surface area contributed by atoms with Gasteiger partial charge in [0.2, 0.25) is 0 Å². The SMILES string of the molecule is C[C@@H](c1ccncc1)[C@H]1C(=O)N(c2ccc(S(=O)(=O)C(F)(F)F)cc2)C(=O)N1OC(=O)C(F)(F)F. The molecule has 1 saturated heterocycles. The summed E-state index contributed by atoms with van der Waals surface area (Å²) in [7, 11) is -5.75. The summed E-state index contributed by atoms with van der Waals surface area (Å²) in [6, 6.07) is 1.72. The third-order valence-electron chi connectivity index (χ3n) is 4.93. The van der Waals surface area contributed by atoms with E-state index in [2.05, 4.69) is 9.82 Å². The van der Waals surface area contributed by atoms with Crippen molar-refractivity contribution in [1.82, 2.24) is 10.0 Å². The lowest BCUT2D eigenvalue weighted by Gasteiger charge is -2.25. The molecule has 188 valence electrons. The molecule has 0 spiro atoms. The maximum atomic E-state index is 13.1. The highest BCUT2D eigenvalue weighted by Gasteiger charge is 2.54. The molecule has 1 aromatic carbocycles. The number of halogens is 6. The number of hydrogen-bond donors (Lipinski definition) is 0. The number of amides is 3. The Hall–Kier alpha value is -3.69. The molecule has 0 aliphatic carbocycles. The molecule has 0 unspecified atom stereocenters. The Bertz CT molecular complexity index is 1250. The van der Waals surface area contributed by atoms with Crippen LogP contribution in [-0.2, 0) is 24.3 Å². The highest BCUT2D eigenvalue weighted by Crippen LogP contribution is 2.36. The second kappa shape index (κ2) is 8.83. The third kappa shape index (κ3) is 4.78. The van der Waals surface area contributed by atoms with E-state index in [0.29, 0.717) is 29.8 Å². The molecule has 2 aromatic rings. The van der Waals surface area contributed by atoms with E-state index in [4.69, 9.17) is 0 Å². The predicted molar refractivity (Wildman–Crippen MR) is 103 cm³/mol. The standard InChI is InChI=1S/C19H13F6N3O6S/c1-10(11-6-8-26-9-7-11)14-15(29)27(17(31)28(14)34-16(30)18(20,21)22)12-2-4-13(5-3-12)35(32,33)19(23,24)25/h2-10,14H,1H3/t10-,14-/m0/s1. The molecule has 0 saturated carbocycles. The van der Waals surface area contributed by atoms with Crippen LogP contribution in [0.1, 0.15) is 18.4 Å². The molecule has 0 bridgehead atoms. The van der Waals surface area contributed by atoms with Gasteiger partial charge in [0.15, 0.2) is 6.04 Å². The van der Waals surface area contributed by atoms with Crippen LogP contribution in [0, 0.1) is 0 Å². The van der Waals surface area contributed by atoms with Gasteiger partial charge in [-0.3, -0.25) is 9.78 Å². The molecular weight excluding hydrogens is 512 g/mol. The second-order valence-electron chi connectivity index (χ2n) is 7.12. The van der Waals surface area contributed by atoms with Crippen LogP contribution in [0.3, 0.4) is 0 Å². The first kappa shape index (κ1) is 25.9. The van der Waals surface area contributed by atoms with Crippen molar-refractivity contribution < 1.29 is 54.0 Å². The van der Waals surface area contributed by atoms with Crippen molar-refractivity contribution in [2.75, 3.05) is 4.90 Å². The number of pyridine rings is 1. The molecule has 1 aliphatic heterocycles. The number of sulfone groups is 1. The van der Waals surface area contributed by atoms with Crippen LogP contribution in [0.2, 0.25) is 0 Å². The molecule has 0 N–H and O–H groups in total. The zero-order valence-corrected chi connectivity index (χ0v) is 18.1. The maximum Gasteiger partial charge on any atom is 0.501 e. The molecule has 0 radical (unpaired) electrons. The smallest absolute Gasteiger partial charge is 0.327 e. The quantitative estimate of drug-likeness (QED) is 0.435. The first-order valence-electron chi connectivity index (χ1n) is 9.35. The van der Waals surface area contributed by atoms with Crippen LogP contribution < -0.4 is 4.90 Å². The average molecular weight is 525 g/mol. The lowest BCUT2D eigenvalue weighted by Crippen LogP contribution is -2.43. The van der Waals surface area contributed by atoms with Gasteiger partial charge in [-0.15, -0.1) is 5.06 Å². The van der Waals surface area contributed by atoms with Crippen molar-refractivity contribution in [2.24, 2.45) is 0 Å². The van der Waals surface area contributed by atoms with Gasteiger partial charge in [-0.05, 0) is 42.0 Å². The Kier molecular flexibility index (Phi) is 6.54. The molecular formula is C19H13F6N3O6S. The summed E-state index contributed by atoms with van der Waals surface area (Å²) in [5.74, 6) is -5.01. The summed E-state index contributed by atoms with van der Waals surface area (Å²) in [5, 5.41) is -0.0797. The molecule has 9 nitrogen and oxygen atoms in total. The van der Waals surface area contributed by atoms with Gasteiger partial charge in [-0.1, -0.05) is 6.92 Å². The van der Waals surface area contributed by atoms with Crippen molar-refractivity contribution in [3.8, 4) is 0 Å². The molecule has 1 fully saturated rings. The van der Waals surface area contributed by atoms with Crippen LogP contribution in [0.5, 0.6) is 0 Å². The van der Waals surface area contributed by atoms with Crippen molar-refractivity contribution in [1.29, 1.82) is 0 Å². The lowest BCUT2D eigenvalue weighted by molar-refractivity contribution is -0.231. The van der Waals surface area contributed by atoms with Gasteiger partial charge in [-0.2, -0.15) is 26.3 Å². The van der Waals surface area contributed by atoms with Crippen LogP contribution >= 0.6 is 0 Å². The Balaban J connectivity index is 2.02. The molecule has 3 amide bonds. The van der Waals surface area contributed by atoms with E-state index in [1.54, 1.807) is 0 Å². The highest BCUT2D eigenvalue weighted by molar-refractivity contribution is 7.92. The average Bonchev–Trinajstić information content (AvgIpc) is 3.01. The number of carbonyl (C=O) groups is 3. The molecule has 1 aliphatic rings. The van der Waals surface area contributed by atoms with Gasteiger partial charge in [-0.25, -0.2) is 22.9 Å². The second-order valence-corrected chi connectivity index (χ2v) is 9.06. The van der Waals surface area contributed by atoms with Crippen molar-refractivity contribution in [3.05, 3.63) is 54.4 Å². The Morgan fingerprint density at radius 3 is 2.03 bits per heavy atom. The van der Waals surface area contributed by atoms with Crippen LogP contribution in [0.4, 0.5) is 36.8 Å². The van der Waals surface area contributed by atoms with Gasteiger partial charge >= 0.3 is 23.7 Å². The fourth-order valence-corrected chi connectivity index (χ4v) is 3.95. The van der Waals surface area contributed by atoms with E-state index in [1.807, 2.05) is 0 Å². The Morgan fingerprint density at radius 2 is 1.54 bits per heavy atom. The number of nitrogens with zero attached hydrogens (tertiary/aromatic N) is 3. The minimum Gasteiger partial charge on any atom is -0.327 e. The van der Waals surface area contributed by atoms with Crippen molar-refractivity contribution in [2.45, 2.75) is 35.5 Å². The maximum absolute atomic E-state index is 13.1. The topological polar surface area (TPSA) is 114 Å². The fraction of sp³-hybridized carbons (Fsp3) is 0.263. The molecule has 35 heavy (non-hydrogen) atoms. The van der Waals surface area contributed by atoms with E-state index in [9.17, 15) is 49.1 Å². The summed E-state index contributed by atoms with van der Waals surface area (Å²) < 4.78 is 99.7. The number of rotatable bonds is 5.